The molecule has 0 bridgehead atoms. The molecule has 1 saturated carbocycles. The van der Waals surface area contributed by atoms with Gasteiger partial charge in [-0.3, -0.25) is 9.59 Å². The lowest BCUT2D eigenvalue weighted by atomic mass is 9.98. The number of benzene rings is 2. The number of ether oxygens (including phenoxy) is 1. The van der Waals surface area contributed by atoms with Crippen molar-refractivity contribution < 1.29 is 24.2 Å². The van der Waals surface area contributed by atoms with Crippen LogP contribution in [0, 0.1) is 11.8 Å². The zero-order valence-electron chi connectivity index (χ0n) is 18.0. The van der Waals surface area contributed by atoms with Crippen LogP contribution in [-0.4, -0.2) is 42.3 Å². The summed E-state index contributed by atoms with van der Waals surface area (Å²) < 4.78 is 5.56. The Bertz CT molecular complexity index is 975. The van der Waals surface area contributed by atoms with Gasteiger partial charge in [-0.15, -0.1) is 0 Å². The normalized spacial score (nSPS) is 19.4. The highest BCUT2D eigenvalue weighted by Crippen LogP contribution is 2.44. The van der Waals surface area contributed by atoms with Crippen LogP contribution in [0.3, 0.4) is 0 Å². The fourth-order valence-electron chi connectivity index (χ4n) is 4.42. The van der Waals surface area contributed by atoms with Gasteiger partial charge in [-0.05, 0) is 41.0 Å². The van der Waals surface area contributed by atoms with E-state index >= 15 is 0 Å². The number of carbonyl (C=O) groups excluding carboxylic acids is 2. The summed E-state index contributed by atoms with van der Waals surface area (Å²) in [7, 11) is 0. The van der Waals surface area contributed by atoms with Gasteiger partial charge < -0.3 is 20.5 Å². The lowest BCUT2D eigenvalue weighted by molar-refractivity contribution is -0.139. The van der Waals surface area contributed by atoms with Gasteiger partial charge in [0, 0.05) is 24.9 Å². The first-order valence-corrected chi connectivity index (χ1v) is 11.1. The summed E-state index contributed by atoms with van der Waals surface area (Å²) >= 11 is 0. The van der Waals surface area contributed by atoms with Crippen LogP contribution in [0.15, 0.2) is 48.5 Å². The van der Waals surface area contributed by atoms with E-state index < -0.39 is 12.1 Å². The summed E-state index contributed by atoms with van der Waals surface area (Å²) in [4.78, 5) is 35.5. The van der Waals surface area contributed by atoms with Crippen LogP contribution in [0.5, 0.6) is 0 Å². The van der Waals surface area contributed by atoms with Crippen molar-refractivity contribution in [3.63, 3.8) is 0 Å². The zero-order chi connectivity index (χ0) is 22.7. The molecule has 0 aromatic heterocycles. The third-order valence-electron chi connectivity index (χ3n) is 6.39. The number of rotatable bonds is 9. The van der Waals surface area contributed by atoms with Crippen LogP contribution in [0.25, 0.3) is 11.1 Å². The van der Waals surface area contributed by atoms with Crippen molar-refractivity contribution in [1.82, 2.24) is 10.6 Å². The maximum absolute atomic E-state index is 12.4. The largest absolute Gasteiger partial charge is 0.481 e. The summed E-state index contributed by atoms with van der Waals surface area (Å²) in [6.07, 6.45) is 0.772. The quantitative estimate of drug-likeness (QED) is 0.558. The van der Waals surface area contributed by atoms with Crippen molar-refractivity contribution in [2.45, 2.75) is 38.1 Å². The molecule has 168 valence electrons. The van der Waals surface area contributed by atoms with E-state index in [0.29, 0.717) is 19.4 Å². The molecule has 32 heavy (non-hydrogen) atoms. The minimum atomic E-state index is -0.812. The molecule has 0 saturated heterocycles. The molecule has 2 amide bonds. The smallest absolute Gasteiger partial charge is 0.407 e. The number of nitrogens with one attached hydrogen (secondary N) is 2. The van der Waals surface area contributed by atoms with Crippen molar-refractivity contribution >= 4 is 18.0 Å². The molecule has 2 unspecified atom stereocenters. The number of fused-ring (bicyclic) bond motifs is 3. The van der Waals surface area contributed by atoms with Gasteiger partial charge in [-0.1, -0.05) is 55.5 Å². The molecule has 2 aromatic rings. The lowest BCUT2D eigenvalue weighted by Gasteiger charge is -2.19. The van der Waals surface area contributed by atoms with Gasteiger partial charge in [0.2, 0.25) is 5.91 Å². The number of carboxylic acids is 1. The third kappa shape index (κ3) is 4.77. The van der Waals surface area contributed by atoms with Crippen LogP contribution in [0.1, 0.15) is 43.2 Å². The Morgan fingerprint density at radius 1 is 1.06 bits per heavy atom. The standard InChI is InChI=1S/C25H28N2O5/c1-2-16(12-23(28)26-13-15-11-21(15)24(29)30)27-25(31)32-14-22-19-9-5-3-7-17(19)18-8-4-6-10-20(18)22/h3-10,15-16,21-22H,2,11-14H2,1H3,(H,26,28)(H,27,31)(H,29,30)/t15?,16-,21?/m0/s1. The van der Waals surface area contributed by atoms with Gasteiger partial charge in [0.1, 0.15) is 6.61 Å². The predicted octanol–water partition coefficient (Wildman–Crippen LogP) is 3.53. The molecule has 3 atom stereocenters. The van der Waals surface area contributed by atoms with E-state index in [1.165, 1.54) is 11.1 Å². The summed E-state index contributed by atoms with van der Waals surface area (Å²) in [5.74, 6) is -1.38. The summed E-state index contributed by atoms with van der Waals surface area (Å²) in [6.45, 7) is 2.47. The van der Waals surface area contributed by atoms with Crippen molar-refractivity contribution in [2.75, 3.05) is 13.2 Å². The van der Waals surface area contributed by atoms with E-state index in [1.807, 2.05) is 31.2 Å². The molecule has 0 aliphatic heterocycles. The summed E-state index contributed by atoms with van der Waals surface area (Å²) in [5, 5.41) is 14.5. The number of alkyl carbamates (subject to hydrolysis) is 1. The number of aliphatic carboxylic acids is 1. The average molecular weight is 437 g/mol. The van der Waals surface area contributed by atoms with Crippen LogP contribution in [0.2, 0.25) is 0 Å². The molecule has 4 rings (SSSR count). The second-order valence-corrected chi connectivity index (χ2v) is 8.52. The van der Waals surface area contributed by atoms with Crippen LogP contribution < -0.4 is 10.6 Å². The Hall–Kier alpha value is -3.35. The summed E-state index contributed by atoms with van der Waals surface area (Å²) in [5.41, 5.74) is 4.63. The van der Waals surface area contributed by atoms with E-state index in [0.717, 1.165) is 11.1 Å². The minimum absolute atomic E-state index is 0.00613. The Labute approximate surface area is 187 Å². The van der Waals surface area contributed by atoms with E-state index in [2.05, 4.69) is 34.9 Å². The van der Waals surface area contributed by atoms with Crippen molar-refractivity contribution in [2.24, 2.45) is 11.8 Å². The molecule has 7 heteroatoms. The predicted molar refractivity (Wildman–Crippen MR) is 119 cm³/mol. The second kappa shape index (κ2) is 9.42. The van der Waals surface area contributed by atoms with E-state index in [-0.39, 0.29) is 42.7 Å². The van der Waals surface area contributed by atoms with Gasteiger partial charge in [-0.2, -0.15) is 0 Å². The second-order valence-electron chi connectivity index (χ2n) is 8.52. The van der Waals surface area contributed by atoms with Crippen LogP contribution in [0.4, 0.5) is 4.79 Å². The fourth-order valence-corrected chi connectivity index (χ4v) is 4.42. The van der Waals surface area contributed by atoms with Crippen molar-refractivity contribution in [3.8, 4) is 11.1 Å². The minimum Gasteiger partial charge on any atom is -0.481 e. The van der Waals surface area contributed by atoms with Crippen molar-refractivity contribution in [3.05, 3.63) is 59.7 Å². The first-order chi connectivity index (χ1) is 15.5. The zero-order valence-corrected chi connectivity index (χ0v) is 18.0. The fraction of sp³-hybridized carbons (Fsp3) is 0.400. The van der Waals surface area contributed by atoms with Crippen LogP contribution >= 0.6 is 0 Å². The van der Waals surface area contributed by atoms with Gasteiger partial charge in [0.15, 0.2) is 0 Å². The number of hydrogen-bond donors (Lipinski definition) is 3. The molecular formula is C25H28N2O5. The molecule has 0 radical (unpaired) electrons. The van der Waals surface area contributed by atoms with Gasteiger partial charge in [-0.25, -0.2) is 4.79 Å². The molecule has 2 aliphatic carbocycles. The first-order valence-electron chi connectivity index (χ1n) is 11.1. The number of carboxylic acid groups (broad SMARTS) is 1. The highest BCUT2D eigenvalue weighted by molar-refractivity contribution is 5.80. The van der Waals surface area contributed by atoms with Gasteiger partial charge >= 0.3 is 12.1 Å². The molecule has 1 fully saturated rings. The van der Waals surface area contributed by atoms with E-state index in [4.69, 9.17) is 9.84 Å². The van der Waals surface area contributed by atoms with Crippen LogP contribution in [-0.2, 0) is 14.3 Å². The van der Waals surface area contributed by atoms with Gasteiger partial charge in [0.25, 0.3) is 0 Å². The number of amides is 2. The number of carbonyl (C=O) groups is 3. The maximum atomic E-state index is 12.4. The Balaban J connectivity index is 1.27. The van der Waals surface area contributed by atoms with E-state index in [9.17, 15) is 14.4 Å². The first kappa shape index (κ1) is 21.9. The Morgan fingerprint density at radius 2 is 1.69 bits per heavy atom. The highest BCUT2D eigenvalue weighted by atomic mass is 16.5. The van der Waals surface area contributed by atoms with E-state index in [1.54, 1.807) is 0 Å². The van der Waals surface area contributed by atoms with Gasteiger partial charge in [0.05, 0.1) is 5.92 Å². The Morgan fingerprint density at radius 3 is 2.25 bits per heavy atom. The number of hydrogen-bond acceptors (Lipinski definition) is 4. The molecule has 0 spiro atoms. The average Bonchev–Trinajstić information content (AvgIpc) is 3.51. The lowest BCUT2D eigenvalue weighted by Crippen LogP contribution is -2.40. The molecule has 3 N–H and O–H groups in total. The topological polar surface area (TPSA) is 105 Å². The molecule has 0 heterocycles. The summed E-state index contributed by atoms with van der Waals surface area (Å²) in [6, 6.07) is 15.9. The molecular weight excluding hydrogens is 408 g/mol. The molecule has 2 aliphatic rings. The Kier molecular flexibility index (Phi) is 6.44. The monoisotopic (exact) mass is 436 g/mol. The van der Waals surface area contributed by atoms with Crippen molar-refractivity contribution in [1.29, 1.82) is 0 Å². The molecule has 2 aromatic carbocycles. The SMILES string of the molecule is CC[C@@H](CC(=O)NCC1CC1C(=O)O)NC(=O)OCC1c2ccccc2-c2ccccc21. The highest BCUT2D eigenvalue weighted by Gasteiger charge is 2.43. The third-order valence-corrected chi connectivity index (χ3v) is 6.39. The molecule has 7 nitrogen and oxygen atoms in total. The maximum Gasteiger partial charge on any atom is 0.407 e.